The van der Waals surface area contributed by atoms with E-state index in [1.165, 1.54) is 0 Å². The normalized spacial score (nSPS) is 16.8. The van der Waals surface area contributed by atoms with Crippen LogP contribution in [-0.2, 0) is 9.59 Å². The minimum atomic E-state index is -2.20. The topological polar surface area (TPSA) is 156 Å². The molecule has 0 aromatic heterocycles. The molecule has 4 atom stereocenters. The van der Waals surface area contributed by atoms with E-state index in [0.717, 1.165) is 0 Å². The molecule has 0 radical (unpaired) electrons. The predicted molar refractivity (Wildman–Crippen MR) is 54.4 cm³/mol. The van der Waals surface area contributed by atoms with Gasteiger partial charge in [-0.3, -0.25) is 0 Å². The van der Waals surface area contributed by atoms with Gasteiger partial charge in [0.05, 0.1) is 6.61 Å². The summed E-state index contributed by atoms with van der Waals surface area (Å²) in [5.74, 6) is -1.73. The molecule has 0 aromatic rings. The van der Waals surface area contributed by atoms with Crippen molar-refractivity contribution in [2.24, 2.45) is 0 Å². The van der Waals surface area contributed by atoms with Crippen molar-refractivity contribution in [2.75, 3.05) is 6.61 Å². The molecule has 0 aromatic carbocycles. The molecule has 0 saturated carbocycles. The van der Waals surface area contributed by atoms with Crippen LogP contribution < -0.4 is 0 Å². The monoisotopic (exact) mass is 268 g/mol. The van der Waals surface area contributed by atoms with Crippen LogP contribution in [0, 0.1) is 0 Å². The van der Waals surface area contributed by atoms with Crippen LogP contribution in [-0.4, -0.2) is 112 Å². The number of carboxylic acids is 1. The summed E-state index contributed by atoms with van der Waals surface area (Å²) < 4.78 is 0. The van der Waals surface area contributed by atoms with Gasteiger partial charge < -0.3 is 35.4 Å². The van der Waals surface area contributed by atoms with Gasteiger partial charge >= 0.3 is 43.7 Å². The average molecular weight is 268 g/mol. The van der Waals surface area contributed by atoms with Crippen LogP contribution >= 0.6 is 0 Å². The van der Waals surface area contributed by atoms with Crippen molar-refractivity contribution in [3.8, 4) is 0 Å². The molecule has 0 heterocycles. The van der Waals surface area contributed by atoms with Crippen LogP contribution in [0.1, 0.15) is 0 Å². The first-order valence-electron chi connectivity index (χ1n) is 3.76. The van der Waals surface area contributed by atoms with Gasteiger partial charge in [-0.15, -0.1) is 0 Å². The summed E-state index contributed by atoms with van der Waals surface area (Å²) in [5, 5.41) is 51.8. The fraction of sp³-hybridized carbons (Fsp3) is 0.714. The summed E-state index contributed by atoms with van der Waals surface area (Å²) >= 11 is 0. The molecular formula is C7H16CaO8. The second-order valence-electron chi connectivity index (χ2n) is 2.51. The first-order chi connectivity index (χ1) is 6.91. The van der Waals surface area contributed by atoms with Crippen LogP contribution in [0.3, 0.4) is 0 Å². The Morgan fingerprint density at radius 3 is 1.69 bits per heavy atom. The van der Waals surface area contributed by atoms with Gasteiger partial charge in [-0.05, 0) is 0 Å². The third kappa shape index (κ3) is 7.47. The summed E-state index contributed by atoms with van der Waals surface area (Å²) in [7, 11) is 0. The summed E-state index contributed by atoms with van der Waals surface area (Å²) in [5.41, 5.74) is 0. The third-order valence-electron chi connectivity index (χ3n) is 1.51. The molecule has 0 bridgehead atoms. The summed E-state index contributed by atoms with van der Waals surface area (Å²) in [6, 6.07) is 0. The number of hydrogen-bond donors (Lipinski definition) is 6. The first-order valence-corrected chi connectivity index (χ1v) is 3.76. The standard InChI is InChI=1S/C6H12O7.CH2O.Ca.2H/c7-1-2(8)3(9)4(10)5(11)6(12)13;1-2;;;/h2-5,7-11H,1H2,(H,12,13);1H2;;;/t2-,3-,4+,5-;;;;/m1..../s1. The van der Waals surface area contributed by atoms with Crippen LogP contribution in [0.2, 0.25) is 0 Å². The molecule has 0 aliphatic rings. The molecule has 0 spiro atoms. The maximum absolute atomic E-state index is 10.1. The van der Waals surface area contributed by atoms with Gasteiger partial charge in [-0.25, -0.2) is 4.79 Å². The van der Waals surface area contributed by atoms with Gasteiger partial charge in [-0.2, -0.15) is 0 Å². The number of carbonyl (C=O) groups is 2. The van der Waals surface area contributed by atoms with E-state index >= 15 is 0 Å². The van der Waals surface area contributed by atoms with E-state index in [1.807, 2.05) is 6.79 Å². The molecule has 0 amide bonds. The fourth-order valence-corrected chi connectivity index (χ4v) is 0.668. The second kappa shape index (κ2) is 11.7. The number of hydrogen-bond acceptors (Lipinski definition) is 7. The van der Waals surface area contributed by atoms with E-state index in [0.29, 0.717) is 0 Å². The number of aliphatic hydroxyl groups excluding tert-OH is 5. The van der Waals surface area contributed by atoms with Crippen molar-refractivity contribution >= 4 is 50.5 Å². The number of aliphatic carboxylic acids is 1. The SMILES string of the molecule is C=O.O=C(O)[C@H](O)[C@@H](O)[C@H](O)[C@H](O)CO.[CaH2]. The van der Waals surface area contributed by atoms with Crippen LogP contribution in [0.15, 0.2) is 0 Å². The number of carbonyl (C=O) groups excluding carboxylic acids is 1. The van der Waals surface area contributed by atoms with Crippen molar-refractivity contribution in [2.45, 2.75) is 24.4 Å². The zero-order valence-corrected chi connectivity index (χ0v) is 7.72. The average Bonchev–Trinajstić information content (AvgIpc) is 2.27. The number of rotatable bonds is 5. The molecular weight excluding hydrogens is 252 g/mol. The van der Waals surface area contributed by atoms with E-state index in [-0.39, 0.29) is 37.7 Å². The zero-order chi connectivity index (χ0) is 12.6. The molecule has 6 N–H and O–H groups in total. The molecule has 0 unspecified atom stereocenters. The Balaban J connectivity index is -0.000000529. The Morgan fingerprint density at radius 2 is 1.44 bits per heavy atom. The molecule has 0 rings (SSSR count). The fourth-order valence-electron chi connectivity index (χ4n) is 0.668. The van der Waals surface area contributed by atoms with E-state index < -0.39 is 37.0 Å². The van der Waals surface area contributed by atoms with Crippen molar-refractivity contribution in [1.29, 1.82) is 0 Å². The number of aliphatic hydroxyl groups is 5. The van der Waals surface area contributed by atoms with Gasteiger partial charge in [0.15, 0.2) is 6.10 Å². The van der Waals surface area contributed by atoms with Crippen LogP contribution in [0.5, 0.6) is 0 Å². The van der Waals surface area contributed by atoms with E-state index in [9.17, 15) is 4.79 Å². The number of carboxylic acid groups (broad SMARTS) is 1. The van der Waals surface area contributed by atoms with Crippen LogP contribution in [0.4, 0.5) is 0 Å². The molecule has 0 aliphatic carbocycles. The molecule has 8 nitrogen and oxygen atoms in total. The summed E-state index contributed by atoms with van der Waals surface area (Å²) in [6.45, 7) is 1.16. The minimum absolute atomic E-state index is 0. The summed E-state index contributed by atoms with van der Waals surface area (Å²) in [4.78, 5) is 18.1. The van der Waals surface area contributed by atoms with Gasteiger partial charge in [-0.1, -0.05) is 0 Å². The Bertz CT molecular complexity index is 189. The molecule has 94 valence electrons. The Hall–Kier alpha value is 0.200. The second-order valence-corrected chi connectivity index (χ2v) is 2.51. The quantitative estimate of drug-likeness (QED) is 0.272. The van der Waals surface area contributed by atoms with Gasteiger partial charge in [0.1, 0.15) is 25.1 Å². The van der Waals surface area contributed by atoms with Gasteiger partial charge in [0.25, 0.3) is 0 Å². The van der Waals surface area contributed by atoms with Crippen LogP contribution in [0.25, 0.3) is 0 Å². The van der Waals surface area contributed by atoms with Gasteiger partial charge in [0.2, 0.25) is 0 Å². The van der Waals surface area contributed by atoms with Crippen molar-refractivity contribution in [1.82, 2.24) is 0 Å². The van der Waals surface area contributed by atoms with Crippen molar-refractivity contribution in [3.63, 3.8) is 0 Å². The zero-order valence-electron chi connectivity index (χ0n) is 7.72. The summed E-state index contributed by atoms with van der Waals surface area (Å²) in [6.07, 6.45) is -7.84. The van der Waals surface area contributed by atoms with E-state index in [2.05, 4.69) is 0 Å². The maximum atomic E-state index is 10.1. The molecule has 0 aliphatic heterocycles. The van der Waals surface area contributed by atoms with E-state index in [1.54, 1.807) is 0 Å². The Morgan fingerprint density at radius 1 is 1.06 bits per heavy atom. The van der Waals surface area contributed by atoms with Gasteiger partial charge in [0, 0.05) is 0 Å². The molecule has 0 saturated heterocycles. The predicted octanol–water partition coefficient (Wildman–Crippen LogP) is -4.59. The van der Waals surface area contributed by atoms with Crippen molar-refractivity contribution in [3.05, 3.63) is 0 Å². The molecule has 0 fully saturated rings. The van der Waals surface area contributed by atoms with Crippen molar-refractivity contribution < 1.29 is 40.2 Å². The molecule has 16 heavy (non-hydrogen) atoms. The van der Waals surface area contributed by atoms with E-state index in [4.69, 9.17) is 35.4 Å². The molecule has 9 heteroatoms. The Kier molecular flexibility index (Phi) is 15.7. The first kappa shape index (κ1) is 21.5. The third-order valence-corrected chi connectivity index (χ3v) is 1.51. The Labute approximate surface area is 121 Å².